The quantitative estimate of drug-likeness (QED) is 0.308. The van der Waals surface area contributed by atoms with Crippen molar-refractivity contribution in [2.75, 3.05) is 44.7 Å². The number of nitrogens with zero attached hydrogens (tertiary/aromatic N) is 7. The highest BCUT2D eigenvalue weighted by Gasteiger charge is 2.29. The zero-order chi connectivity index (χ0) is 30.6. The predicted octanol–water partition coefficient (Wildman–Crippen LogP) is 3.33. The summed E-state index contributed by atoms with van der Waals surface area (Å²) < 4.78 is 40.0. The van der Waals surface area contributed by atoms with E-state index < -0.39 is 12.5 Å². The Morgan fingerprint density at radius 3 is 2.70 bits per heavy atom. The van der Waals surface area contributed by atoms with Crippen LogP contribution >= 0.6 is 0 Å². The third kappa shape index (κ3) is 6.40. The van der Waals surface area contributed by atoms with Crippen LogP contribution in [-0.4, -0.2) is 98.0 Å². The number of ether oxygens (including phenoxy) is 2. The summed E-state index contributed by atoms with van der Waals surface area (Å²) >= 11 is 0. The van der Waals surface area contributed by atoms with Crippen LogP contribution in [0.5, 0.6) is 5.75 Å². The molecule has 0 spiro atoms. The van der Waals surface area contributed by atoms with Crippen LogP contribution in [-0.2, 0) is 22.5 Å². The van der Waals surface area contributed by atoms with Gasteiger partial charge in [0.1, 0.15) is 23.6 Å². The van der Waals surface area contributed by atoms with E-state index in [1.165, 1.54) is 27.7 Å². The van der Waals surface area contributed by atoms with E-state index in [-0.39, 0.29) is 40.7 Å². The molecule has 0 aliphatic carbocycles. The van der Waals surface area contributed by atoms with E-state index in [9.17, 15) is 18.4 Å². The molecule has 1 N–H and O–H groups in total. The Hall–Kier alpha value is -4.43. The maximum Gasteiger partial charge on any atom is 0.387 e. The summed E-state index contributed by atoms with van der Waals surface area (Å²) in [4.78, 5) is 35.3. The van der Waals surface area contributed by atoms with E-state index in [2.05, 4.69) is 25.4 Å². The standard InChI is InChI=1S/C30H34F2N8O4/c1-2-20-4-5-25(44-30(31)32)22(16-20)27-24(35-29(42)23-17-34-40-9-3-8-33-28(23)40)18-39(36-27)19-26(41)38-10-6-21(7-11-38)37-12-14-43-15-13-37/h3-5,8-9,16-18,21,30H,2,6-7,10-15,19H2,1H3,(H,35,42). The summed E-state index contributed by atoms with van der Waals surface area (Å²) in [6.45, 7) is 3.34. The van der Waals surface area contributed by atoms with Gasteiger partial charge in [0.05, 0.1) is 25.1 Å². The number of aryl methyl sites for hydroxylation is 1. The van der Waals surface area contributed by atoms with Crippen LogP contribution in [0.15, 0.2) is 49.1 Å². The number of morpholine rings is 1. The molecule has 6 rings (SSSR count). The van der Waals surface area contributed by atoms with Crippen molar-refractivity contribution in [1.82, 2.24) is 34.2 Å². The van der Waals surface area contributed by atoms with Gasteiger partial charge in [-0.2, -0.15) is 19.0 Å². The van der Waals surface area contributed by atoms with Crippen molar-refractivity contribution in [2.45, 2.75) is 45.4 Å². The van der Waals surface area contributed by atoms with Crippen LogP contribution in [0.25, 0.3) is 16.9 Å². The van der Waals surface area contributed by atoms with E-state index in [4.69, 9.17) is 9.47 Å². The van der Waals surface area contributed by atoms with Crippen molar-refractivity contribution in [3.63, 3.8) is 0 Å². The minimum absolute atomic E-state index is 0.0815. The summed E-state index contributed by atoms with van der Waals surface area (Å²) in [5.41, 5.74) is 2.14. The molecule has 0 atom stereocenters. The first-order valence-corrected chi connectivity index (χ1v) is 14.7. The number of amides is 2. The lowest BCUT2D eigenvalue weighted by Gasteiger charge is -2.40. The van der Waals surface area contributed by atoms with Crippen molar-refractivity contribution in [3.05, 3.63) is 60.2 Å². The molecule has 2 fully saturated rings. The number of carbonyl (C=O) groups excluding carboxylic acids is 2. The van der Waals surface area contributed by atoms with E-state index in [0.29, 0.717) is 31.2 Å². The largest absolute Gasteiger partial charge is 0.434 e. The topological polar surface area (TPSA) is 119 Å². The fourth-order valence-electron chi connectivity index (χ4n) is 5.81. The summed E-state index contributed by atoms with van der Waals surface area (Å²) in [6.07, 6.45) is 8.55. The second-order valence-electron chi connectivity index (χ2n) is 10.8. The number of rotatable bonds is 9. The van der Waals surface area contributed by atoms with Crippen LogP contribution in [0.1, 0.15) is 35.7 Å². The van der Waals surface area contributed by atoms with Crippen LogP contribution in [0, 0.1) is 0 Å². The second-order valence-corrected chi connectivity index (χ2v) is 10.8. The first kappa shape index (κ1) is 29.6. The molecule has 44 heavy (non-hydrogen) atoms. The fourth-order valence-corrected chi connectivity index (χ4v) is 5.81. The third-order valence-corrected chi connectivity index (χ3v) is 8.13. The van der Waals surface area contributed by atoms with Gasteiger partial charge in [-0.15, -0.1) is 0 Å². The Labute approximate surface area is 252 Å². The molecule has 14 heteroatoms. The van der Waals surface area contributed by atoms with E-state index in [1.54, 1.807) is 30.6 Å². The highest BCUT2D eigenvalue weighted by molar-refractivity contribution is 6.09. The summed E-state index contributed by atoms with van der Waals surface area (Å²) in [5.74, 6) is -0.721. The Morgan fingerprint density at radius 1 is 1.16 bits per heavy atom. The lowest BCUT2D eigenvalue weighted by Crippen LogP contribution is -2.50. The molecule has 2 amide bonds. The van der Waals surface area contributed by atoms with Gasteiger partial charge in [-0.1, -0.05) is 13.0 Å². The van der Waals surface area contributed by atoms with E-state index in [1.807, 2.05) is 11.8 Å². The van der Waals surface area contributed by atoms with Gasteiger partial charge in [0.25, 0.3) is 5.91 Å². The Balaban J connectivity index is 1.26. The fraction of sp³-hybridized carbons (Fsp3) is 0.433. The lowest BCUT2D eigenvalue weighted by molar-refractivity contribution is -0.133. The average molecular weight is 609 g/mol. The number of nitrogens with one attached hydrogen (secondary N) is 1. The molecular weight excluding hydrogens is 574 g/mol. The molecule has 2 aliphatic rings. The zero-order valence-corrected chi connectivity index (χ0v) is 24.4. The number of fused-ring (bicyclic) bond motifs is 1. The Morgan fingerprint density at radius 2 is 1.95 bits per heavy atom. The SMILES string of the molecule is CCc1ccc(OC(F)F)c(-c2nn(CC(=O)N3CCC(N4CCOCC4)CC3)cc2NC(=O)c2cnn3cccnc23)c1. The Kier molecular flexibility index (Phi) is 8.79. The van der Waals surface area contributed by atoms with Gasteiger partial charge in [0, 0.05) is 56.4 Å². The minimum Gasteiger partial charge on any atom is -0.434 e. The van der Waals surface area contributed by atoms with Crippen LogP contribution in [0.3, 0.4) is 0 Å². The molecule has 12 nitrogen and oxygen atoms in total. The maximum absolute atomic E-state index is 13.4. The molecule has 3 aromatic heterocycles. The summed E-state index contributed by atoms with van der Waals surface area (Å²) in [6, 6.07) is 6.98. The molecule has 2 saturated heterocycles. The highest BCUT2D eigenvalue weighted by Crippen LogP contribution is 2.36. The molecule has 5 heterocycles. The number of anilines is 1. The van der Waals surface area contributed by atoms with Crippen LogP contribution in [0.2, 0.25) is 0 Å². The molecule has 232 valence electrons. The number of piperidine rings is 1. The minimum atomic E-state index is -3.06. The van der Waals surface area contributed by atoms with Gasteiger partial charge in [-0.3, -0.25) is 19.2 Å². The summed E-state index contributed by atoms with van der Waals surface area (Å²) in [7, 11) is 0. The Bertz CT molecular complexity index is 1630. The third-order valence-electron chi connectivity index (χ3n) is 8.13. The van der Waals surface area contributed by atoms with Crippen molar-refractivity contribution in [2.24, 2.45) is 0 Å². The second kappa shape index (κ2) is 13.1. The molecule has 0 unspecified atom stereocenters. The molecule has 0 radical (unpaired) electrons. The van der Waals surface area contributed by atoms with Crippen molar-refractivity contribution in [3.8, 4) is 17.0 Å². The first-order valence-electron chi connectivity index (χ1n) is 14.7. The van der Waals surface area contributed by atoms with Gasteiger partial charge in [-0.25, -0.2) is 9.50 Å². The van der Waals surface area contributed by atoms with Gasteiger partial charge in [0.15, 0.2) is 5.65 Å². The number of likely N-dealkylation sites (tertiary alicyclic amines) is 1. The molecule has 2 aliphatic heterocycles. The monoisotopic (exact) mass is 608 g/mol. The maximum atomic E-state index is 13.4. The van der Waals surface area contributed by atoms with Crippen LogP contribution < -0.4 is 10.1 Å². The lowest BCUT2D eigenvalue weighted by atomic mass is 10.0. The zero-order valence-electron chi connectivity index (χ0n) is 24.4. The van der Waals surface area contributed by atoms with Gasteiger partial charge < -0.3 is 19.7 Å². The number of aromatic nitrogens is 5. The average Bonchev–Trinajstić information content (AvgIpc) is 3.65. The number of hydrogen-bond donors (Lipinski definition) is 1. The smallest absolute Gasteiger partial charge is 0.387 e. The molecular formula is C30H34F2N8O4. The molecule has 1 aromatic carbocycles. The first-order chi connectivity index (χ1) is 21.4. The normalized spacial score (nSPS) is 16.5. The molecule has 0 saturated carbocycles. The highest BCUT2D eigenvalue weighted by atomic mass is 19.3. The van der Waals surface area contributed by atoms with Gasteiger partial charge >= 0.3 is 6.61 Å². The molecule has 0 bridgehead atoms. The number of halogens is 2. The summed E-state index contributed by atoms with van der Waals surface area (Å²) in [5, 5.41) is 11.6. The van der Waals surface area contributed by atoms with E-state index >= 15 is 0 Å². The van der Waals surface area contributed by atoms with Crippen molar-refractivity contribution >= 4 is 23.1 Å². The van der Waals surface area contributed by atoms with E-state index in [0.717, 1.165) is 44.7 Å². The van der Waals surface area contributed by atoms with Gasteiger partial charge in [-0.05, 0) is 43.0 Å². The number of benzene rings is 1. The number of hydrogen-bond acceptors (Lipinski definition) is 8. The number of alkyl halides is 2. The van der Waals surface area contributed by atoms with Crippen molar-refractivity contribution < 1.29 is 27.8 Å². The van der Waals surface area contributed by atoms with Crippen LogP contribution in [0.4, 0.5) is 14.5 Å². The molecule has 4 aromatic rings. The van der Waals surface area contributed by atoms with Gasteiger partial charge in [0.2, 0.25) is 5.91 Å². The van der Waals surface area contributed by atoms with Crippen molar-refractivity contribution in [1.29, 1.82) is 0 Å². The predicted molar refractivity (Wildman–Crippen MR) is 157 cm³/mol. The number of carbonyl (C=O) groups is 2.